The lowest BCUT2D eigenvalue weighted by molar-refractivity contribution is -0.165. The molecule has 0 aromatic carbocycles. The highest BCUT2D eigenvalue weighted by molar-refractivity contribution is 5.91. The van der Waals surface area contributed by atoms with Gasteiger partial charge in [0.25, 0.3) is 5.95 Å². The Morgan fingerprint density at radius 3 is 2.35 bits per heavy atom. The molecule has 1 aliphatic rings. The summed E-state index contributed by atoms with van der Waals surface area (Å²) < 4.78 is 24.4. The molecule has 1 aliphatic heterocycles. The molecule has 9 nitrogen and oxygen atoms in total. The lowest BCUT2D eigenvalue weighted by atomic mass is 9.87. The molecular formula is C17H22O9. The molecule has 0 bridgehead atoms. The first-order chi connectivity index (χ1) is 12.1. The lowest BCUT2D eigenvalue weighted by Gasteiger charge is -2.28. The van der Waals surface area contributed by atoms with Crippen LogP contribution in [0.15, 0.2) is 36.2 Å². The molecule has 0 unspecified atom stereocenters. The van der Waals surface area contributed by atoms with Gasteiger partial charge in [-0.25, -0.2) is 14.4 Å². The summed E-state index contributed by atoms with van der Waals surface area (Å²) >= 11 is 0. The maximum atomic E-state index is 12.0. The predicted octanol–water partition coefficient (Wildman–Crippen LogP) is 0.939. The molecule has 0 aliphatic carbocycles. The summed E-state index contributed by atoms with van der Waals surface area (Å²) in [4.78, 5) is 34.4. The Kier molecular flexibility index (Phi) is 7.39. The number of rotatable bonds is 8. The van der Waals surface area contributed by atoms with Crippen LogP contribution in [0.5, 0.6) is 0 Å². The van der Waals surface area contributed by atoms with Gasteiger partial charge in [0.15, 0.2) is 18.5 Å². The number of ether oxygens (including phenoxy) is 5. The Labute approximate surface area is 150 Å². The maximum absolute atomic E-state index is 12.0. The van der Waals surface area contributed by atoms with Gasteiger partial charge in [-0.3, -0.25) is 0 Å². The molecule has 0 amide bonds. The highest BCUT2D eigenvalue weighted by atomic mass is 16.7. The van der Waals surface area contributed by atoms with E-state index < -0.39 is 29.4 Å². The zero-order chi connectivity index (χ0) is 19.9. The summed E-state index contributed by atoms with van der Waals surface area (Å²) in [6.45, 7) is 7.58. The first kappa shape index (κ1) is 21.2. The van der Waals surface area contributed by atoms with Gasteiger partial charge in [-0.1, -0.05) is 13.8 Å². The molecule has 0 fully saturated rings. The summed E-state index contributed by atoms with van der Waals surface area (Å²) in [5, 5.41) is 10.1. The van der Waals surface area contributed by atoms with E-state index in [9.17, 15) is 19.5 Å². The molecule has 0 spiro atoms. The van der Waals surface area contributed by atoms with Crippen LogP contribution >= 0.6 is 0 Å². The lowest BCUT2D eigenvalue weighted by Crippen LogP contribution is -2.41. The third-order valence-electron chi connectivity index (χ3n) is 3.35. The van der Waals surface area contributed by atoms with Crippen LogP contribution < -0.4 is 0 Å². The standard InChI is InChI=1S/C17H22O9/c1-10-12(26-11(2)25-10)8-23-16(21)15(20)17(3,4)9-24-14(19)7-6-13(18)22-5/h6-7,15,20H,2,8-9H2,1,3-5H3/b7-6+/t15-/m0/s1. The molecular weight excluding hydrogens is 348 g/mol. The SMILES string of the molecule is C=C1OC(C)=C(COC(=O)[C@H](O)C(C)(C)COC(=O)/C=C/C(=O)OC)O1. The van der Waals surface area contributed by atoms with Crippen molar-refractivity contribution in [1.29, 1.82) is 0 Å². The zero-order valence-electron chi connectivity index (χ0n) is 15.1. The van der Waals surface area contributed by atoms with Gasteiger partial charge in [0.2, 0.25) is 0 Å². The van der Waals surface area contributed by atoms with Gasteiger partial charge in [-0.2, -0.15) is 0 Å². The number of aliphatic hydroxyl groups excluding tert-OH is 1. The molecule has 9 heteroatoms. The average Bonchev–Trinajstić information content (AvgIpc) is 2.92. The fourth-order valence-corrected chi connectivity index (χ4v) is 1.71. The molecule has 1 atom stereocenters. The summed E-state index contributed by atoms with van der Waals surface area (Å²) in [5.41, 5.74) is -1.13. The topological polar surface area (TPSA) is 118 Å². The minimum Gasteiger partial charge on any atom is -0.466 e. The van der Waals surface area contributed by atoms with Crippen molar-refractivity contribution in [3.8, 4) is 0 Å². The fraction of sp³-hybridized carbons (Fsp3) is 0.471. The van der Waals surface area contributed by atoms with Gasteiger partial charge in [0.05, 0.1) is 13.7 Å². The van der Waals surface area contributed by atoms with Gasteiger partial charge in [0.1, 0.15) is 5.76 Å². The number of hydrogen-bond donors (Lipinski definition) is 1. The minimum absolute atomic E-state index is 0.0707. The predicted molar refractivity (Wildman–Crippen MR) is 86.9 cm³/mol. The molecule has 26 heavy (non-hydrogen) atoms. The third-order valence-corrected chi connectivity index (χ3v) is 3.35. The van der Waals surface area contributed by atoms with Crippen LogP contribution in [0.3, 0.4) is 0 Å². The minimum atomic E-state index is -1.56. The van der Waals surface area contributed by atoms with Crippen molar-refractivity contribution < 1.29 is 43.2 Å². The van der Waals surface area contributed by atoms with E-state index in [-0.39, 0.29) is 24.9 Å². The fourth-order valence-electron chi connectivity index (χ4n) is 1.71. The van der Waals surface area contributed by atoms with Crippen molar-refractivity contribution >= 4 is 17.9 Å². The maximum Gasteiger partial charge on any atom is 0.336 e. The Balaban J connectivity index is 2.51. The Morgan fingerprint density at radius 2 is 1.81 bits per heavy atom. The van der Waals surface area contributed by atoms with Gasteiger partial charge in [0, 0.05) is 17.6 Å². The first-order valence-electron chi connectivity index (χ1n) is 7.58. The van der Waals surface area contributed by atoms with Crippen LogP contribution in [0, 0.1) is 5.41 Å². The van der Waals surface area contributed by atoms with Crippen LogP contribution in [0.4, 0.5) is 0 Å². The van der Waals surface area contributed by atoms with Gasteiger partial charge in [-0.05, 0) is 13.5 Å². The molecule has 1 heterocycles. The third kappa shape index (κ3) is 6.25. The Morgan fingerprint density at radius 1 is 1.19 bits per heavy atom. The highest BCUT2D eigenvalue weighted by Crippen LogP contribution is 2.25. The number of methoxy groups -OCH3 is 1. The van der Waals surface area contributed by atoms with E-state index in [0.717, 1.165) is 12.2 Å². The van der Waals surface area contributed by atoms with E-state index in [1.807, 2.05) is 0 Å². The van der Waals surface area contributed by atoms with Crippen LogP contribution in [-0.2, 0) is 38.1 Å². The molecule has 144 valence electrons. The number of carbonyl (C=O) groups excluding carboxylic acids is 3. The second kappa shape index (κ2) is 9.04. The smallest absolute Gasteiger partial charge is 0.336 e. The summed E-state index contributed by atoms with van der Waals surface area (Å²) in [6.07, 6.45) is 0.214. The van der Waals surface area contributed by atoms with E-state index >= 15 is 0 Å². The summed E-state index contributed by atoms with van der Waals surface area (Å²) in [6, 6.07) is 0. The second-order valence-corrected chi connectivity index (χ2v) is 6.02. The number of carbonyl (C=O) groups is 3. The van der Waals surface area contributed by atoms with Crippen LogP contribution in [-0.4, -0.2) is 49.4 Å². The summed E-state index contributed by atoms with van der Waals surface area (Å²) in [5.74, 6) is -1.70. The van der Waals surface area contributed by atoms with E-state index in [4.69, 9.17) is 18.9 Å². The van der Waals surface area contributed by atoms with Crippen molar-refractivity contribution in [2.45, 2.75) is 26.9 Å². The Hall–Kier alpha value is -2.81. The number of hydrogen-bond acceptors (Lipinski definition) is 9. The average molecular weight is 370 g/mol. The van der Waals surface area contributed by atoms with E-state index in [1.165, 1.54) is 21.0 Å². The van der Waals surface area contributed by atoms with Crippen molar-refractivity contribution in [3.05, 3.63) is 36.2 Å². The van der Waals surface area contributed by atoms with Crippen LogP contribution in [0.25, 0.3) is 0 Å². The first-order valence-corrected chi connectivity index (χ1v) is 7.58. The summed E-state index contributed by atoms with van der Waals surface area (Å²) in [7, 11) is 1.17. The van der Waals surface area contributed by atoms with Gasteiger partial charge >= 0.3 is 17.9 Å². The number of aliphatic hydroxyl groups is 1. The number of allylic oxidation sites excluding steroid dienone is 1. The van der Waals surface area contributed by atoms with Crippen molar-refractivity contribution in [2.24, 2.45) is 5.41 Å². The van der Waals surface area contributed by atoms with Gasteiger partial charge < -0.3 is 28.8 Å². The molecule has 0 aromatic heterocycles. The van der Waals surface area contributed by atoms with E-state index in [1.54, 1.807) is 6.92 Å². The normalized spacial score (nSPS) is 15.3. The molecule has 0 radical (unpaired) electrons. The molecule has 1 rings (SSSR count). The quantitative estimate of drug-likeness (QED) is 0.378. The van der Waals surface area contributed by atoms with Crippen molar-refractivity contribution in [1.82, 2.24) is 0 Å². The molecule has 0 saturated heterocycles. The van der Waals surface area contributed by atoms with Crippen LogP contribution in [0.1, 0.15) is 20.8 Å². The van der Waals surface area contributed by atoms with E-state index in [0.29, 0.717) is 5.76 Å². The zero-order valence-corrected chi connectivity index (χ0v) is 15.1. The van der Waals surface area contributed by atoms with Crippen LogP contribution in [0.2, 0.25) is 0 Å². The Bertz CT molecular complexity index is 643. The second-order valence-electron chi connectivity index (χ2n) is 6.02. The highest BCUT2D eigenvalue weighted by Gasteiger charge is 2.36. The largest absolute Gasteiger partial charge is 0.466 e. The number of esters is 3. The van der Waals surface area contributed by atoms with Crippen molar-refractivity contribution in [3.63, 3.8) is 0 Å². The van der Waals surface area contributed by atoms with Crippen molar-refractivity contribution in [2.75, 3.05) is 20.3 Å². The molecule has 0 aromatic rings. The monoisotopic (exact) mass is 370 g/mol. The van der Waals surface area contributed by atoms with Gasteiger partial charge in [-0.15, -0.1) is 0 Å². The molecule has 0 saturated carbocycles. The molecule has 1 N–H and O–H groups in total. The van der Waals surface area contributed by atoms with E-state index in [2.05, 4.69) is 11.3 Å².